The third-order valence-corrected chi connectivity index (χ3v) is 4.74. The highest BCUT2D eigenvalue weighted by Crippen LogP contribution is 2.39. The normalized spacial score (nSPS) is 16.3. The van der Waals surface area contributed by atoms with Gasteiger partial charge >= 0.3 is 0 Å². The number of fused-ring (bicyclic) bond motifs is 2. The monoisotopic (exact) mass is 332 g/mol. The number of carbonyl (C=O) groups excluding carboxylic acids is 1. The lowest BCUT2D eigenvalue weighted by molar-refractivity contribution is -0.118. The van der Waals surface area contributed by atoms with Gasteiger partial charge in [-0.3, -0.25) is 14.2 Å². The summed E-state index contributed by atoms with van der Waals surface area (Å²) in [4.78, 5) is 25.7. The molecule has 4 rings (SSSR count). The van der Waals surface area contributed by atoms with Crippen LogP contribution < -0.4 is 10.9 Å². The van der Waals surface area contributed by atoms with E-state index >= 15 is 0 Å². The van der Waals surface area contributed by atoms with Crippen LogP contribution in [-0.4, -0.2) is 10.5 Å². The highest BCUT2D eigenvalue weighted by atomic mass is 16.2. The molecule has 25 heavy (non-hydrogen) atoms. The topological polar surface area (TPSA) is 51.1 Å². The highest BCUT2D eigenvalue weighted by Gasteiger charge is 2.34. The summed E-state index contributed by atoms with van der Waals surface area (Å²) in [6.45, 7) is 4.13. The largest absolute Gasteiger partial charge is 0.310 e. The Morgan fingerprint density at radius 1 is 0.960 bits per heavy atom. The number of aromatic nitrogens is 1. The quantitative estimate of drug-likeness (QED) is 0.781. The summed E-state index contributed by atoms with van der Waals surface area (Å²) >= 11 is 0. The number of rotatable bonds is 3. The van der Waals surface area contributed by atoms with E-state index in [4.69, 9.17) is 0 Å². The maximum Gasteiger partial charge on any atom is 0.260 e. The fourth-order valence-electron chi connectivity index (χ4n) is 3.66. The number of hydrogen-bond donors (Lipinski definition) is 1. The van der Waals surface area contributed by atoms with Crippen molar-refractivity contribution in [2.75, 3.05) is 5.32 Å². The van der Waals surface area contributed by atoms with Crippen LogP contribution in [0.15, 0.2) is 59.4 Å². The van der Waals surface area contributed by atoms with Gasteiger partial charge in [0.25, 0.3) is 5.56 Å². The van der Waals surface area contributed by atoms with Crippen molar-refractivity contribution in [3.05, 3.63) is 65.0 Å². The number of anilines is 1. The lowest BCUT2D eigenvalue weighted by Gasteiger charge is -2.17. The molecule has 0 saturated heterocycles. The van der Waals surface area contributed by atoms with Gasteiger partial charge < -0.3 is 5.32 Å². The van der Waals surface area contributed by atoms with Gasteiger partial charge in [0.1, 0.15) is 11.9 Å². The summed E-state index contributed by atoms with van der Waals surface area (Å²) in [7, 11) is 0. The third kappa shape index (κ3) is 2.45. The summed E-state index contributed by atoms with van der Waals surface area (Å²) in [5.41, 5.74) is 1.80. The number of amides is 1. The van der Waals surface area contributed by atoms with Crippen molar-refractivity contribution in [2.45, 2.75) is 26.3 Å². The van der Waals surface area contributed by atoms with E-state index in [0.29, 0.717) is 23.5 Å². The first-order valence-electron chi connectivity index (χ1n) is 8.61. The fraction of sp³-hybridized carbons (Fsp3) is 0.238. The molecule has 2 heterocycles. The molecule has 4 nitrogen and oxygen atoms in total. The second-order valence-corrected chi connectivity index (χ2v) is 6.94. The minimum absolute atomic E-state index is 0.0988. The van der Waals surface area contributed by atoms with Crippen LogP contribution in [0.25, 0.3) is 21.9 Å². The molecular formula is C21H20N2O2. The lowest BCUT2D eigenvalue weighted by Crippen LogP contribution is -2.26. The Balaban J connectivity index is 2.10. The van der Waals surface area contributed by atoms with Gasteiger partial charge in [-0.25, -0.2) is 0 Å². The Kier molecular flexibility index (Phi) is 3.68. The Labute approximate surface area is 146 Å². The molecule has 0 radical (unpaired) electrons. The first-order chi connectivity index (χ1) is 12.1. The maximum absolute atomic E-state index is 13.1. The summed E-state index contributed by atoms with van der Waals surface area (Å²) in [6, 6.07) is 17.0. The van der Waals surface area contributed by atoms with E-state index in [-0.39, 0.29) is 11.5 Å². The number of carbonyl (C=O) groups is 1. The molecular weight excluding hydrogens is 312 g/mol. The molecule has 1 amide bonds. The zero-order valence-electron chi connectivity index (χ0n) is 14.3. The zero-order valence-corrected chi connectivity index (χ0v) is 14.3. The van der Waals surface area contributed by atoms with Gasteiger partial charge in [0.2, 0.25) is 5.91 Å². The van der Waals surface area contributed by atoms with Crippen molar-refractivity contribution >= 4 is 22.5 Å². The molecule has 2 aromatic carbocycles. The molecule has 0 spiro atoms. The SMILES string of the molecule is CC(C)CC1C(=O)Nc2c(-c3ccccc3)c3ccccc3c(=O)n21. The van der Waals surface area contributed by atoms with Crippen LogP contribution in [-0.2, 0) is 4.79 Å². The van der Waals surface area contributed by atoms with Crippen LogP contribution in [0, 0.1) is 5.92 Å². The average Bonchev–Trinajstić information content (AvgIpc) is 2.92. The van der Waals surface area contributed by atoms with Crippen molar-refractivity contribution < 1.29 is 4.79 Å². The number of nitrogens with zero attached hydrogens (tertiary/aromatic N) is 1. The molecule has 0 fully saturated rings. The smallest absolute Gasteiger partial charge is 0.260 e. The van der Waals surface area contributed by atoms with Crippen molar-refractivity contribution in [2.24, 2.45) is 5.92 Å². The van der Waals surface area contributed by atoms with Crippen LogP contribution in [0.4, 0.5) is 5.82 Å². The first-order valence-corrected chi connectivity index (χ1v) is 8.61. The second kappa shape index (κ2) is 5.88. The Morgan fingerprint density at radius 2 is 1.60 bits per heavy atom. The van der Waals surface area contributed by atoms with Crippen LogP contribution >= 0.6 is 0 Å². The molecule has 1 atom stereocenters. The highest BCUT2D eigenvalue weighted by molar-refractivity contribution is 6.08. The average molecular weight is 332 g/mol. The number of pyridine rings is 1. The van der Waals surface area contributed by atoms with E-state index in [2.05, 4.69) is 19.2 Å². The van der Waals surface area contributed by atoms with Crippen LogP contribution in [0.2, 0.25) is 0 Å². The summed E-state index contributed by atoms with van der Waals surface area (Å²) in [6.07, 6.45) is 0.644. The Bertz CT molecular complexity index is 1020. The molecule has 0 saturated carbocycles. The molecule has 1 N–H and O–H groups in total. The van der Waals surface area contributed by atoms with Gasteiger partial charge in [-0.1, -0.05) is 62.4 Å². The van der Waals surface area contributed by atoms with E-state index in [0.717, 1.165) is 16.5 Å². The number of benzene rings is 2. The van der Waals surface area contributed by atoms with Crippen molar-refractivity contribution in [3.8, 4) is 11.1 Å². The summed E-state index contributed by atoms with van der Waals surface area (Å²) in [5.74, 6) is 0.837. The minimum Gasteiger partial charge on any atom is -0.310 e. The van der Waals surface area contributed by atoms with Gasteiger partial charge in [0.05, 0.1) is 0 Å². The molecule has 1 unspecified atom stereocenters. The van der Waals surface area contributed by atoms with Crippen LogP contribution in [0.3, 0.4) is 0 Å². The first kappa shape index (κ1) is 15.6. The lowest BCUT2D eigenvalue weighted by atomic mass is 9.98. The Hall–Kier alpha value is -2.88. The number of nitrogens with one attached hydrogen (secondary N) is 1. The standard InChI is InChI=1S/C21H20N2O2/c1-13(2)12-17-20(24)22-19-18(14-8-4-3-5-9-14)15-10-6-7-11-16(15)21(25)23(17)19/h3-11,13,17H,12H2,1-2H3,(H,22,24). The molecule has 126 valence electrons. The molecule has 0 bridgehead atoms. The third-order valence-electron chi connectivity index (χ3n) is 4.74. The van der Waals surface area contributed by atoms with Gasteiger partial charge in [-0.15, -0.1) is 0 Å². The second-order valence-electron chi connectivity index (χ2n) is 6.94. The van der Waals surface area contributed by atoms with E-state index in [1.807, 2.05) is 54.6 Å². The van der Waals surface area contributed by atoms with Crippen LogP contribution in [0.5, 0.6) is 0 Å². The fourth-order valence-corrected chi connectivity index (χ4v) is 3.66. The molecule has 1 aliphatic heterocycles. The molecule has 1 aliphatic rings. The minimum atomic E-state index is -0.449. The Morgan fingerprint density at radius 3 is 2.28 bits per heavy atom. The summed E-state index contributed by atoms with van der Waals surface area (Å²) < 4.78 is 1.66. The number of hydrogen-bond acceptors (Lipinski definition) is 2. The predicted molar refractivity (Wildman–Crippen MR) is 101 cm³/mol. The zero-order chi connectivity index (χ0) is 17.6. The molecule has 1 aromatic heterocycles. The molecule has 0 aliphatic carbocycles. The van der Waals surface area contributed by atoms with Gasteiger partial charge in [-0.2, -0.15) is 0 Å². The van der Waals surface area contributed by atoms with Crippen molar-refractivity contribution in [1.82, 2.24) is 4.57 Å². The van der Waals surface area contributed by atoms with Gasteiger partial charge in [-0.05, 0) is 29.4 Å². The van der Waals surface area contributed by atoms with Crippen LogP contribution in [0.1, 0.15) is 26.3 Å². The molecule has 3 aromatic rings. The van der Waals surface area contributed by atoms with E-state index in [9.17, 15) is 9.59 Å². The van der Waals surface area contributed by atoms with Gasteiger partial charge in [0.15, 0.2) is 0 Å². The van der Waals surface area contributed by atoms with E-state index < -0.39 is 6.04 Å². The van der Waals surface area contributed by atoms with Gasteiger partial charge in [0, 0.05) is 10.9 Å². The summed E-state index contributed by atoms with van der Waals surface area (Å²) in [5, 5.41) is 4.50. The van der Waals surface area contributed by atoms with E-state index in [1.165, 1.54) is 0 Å². The van der Waals surface area contributed by atoms with Crippen molar-refractivity contribution in [3.63, 3.8) is 0 Å². The predicted octanol–water partition coefficient (Wildman–Crippen LogP) is 4.21. The van der Waals surface area contributed by atoms with E-state index in [1.54, 1.807) is 4.57 Å². The maximum atomic E-state index is 13.1. The van der Waals surface area contributed by atoms with Crippen molar-refractivity contribution in [1.29, 1.82) is 0 Å². The molecule has 4 heteroatoms.